The van der Waals surface area contributed by atoms with Crippen LogP contribution in [0, 0.1) is 5.82 Å². The first kappa shape index (κ1) is 17.3. The first-order valence-corrected chi connectivity index (χ1v) is 8.88. The molecular weight excluding hydrogens is 337 g/mol. The fourth-order valence-electron chi connectivity index (χ4n) is 2.50. The summed E-state index contributed by atoms with van der Waals surface area (Å²) in [5, 5.41) is -0.558. The number of carbonyl (C=O) groups is 1. The number of ether oxygens (including phenoxy) is 1. The Hall–Kier alpha value is -2.53. The first-order valence-electron chi connectivity index (χ1n) is 8.00. The molecule has 5 heteroatoms. The van der Waals surface area contributed by atoms with Crippen LogP contribution in [0.25, 0.3) is 5.69 Å². The molecule has 0 unspecified atom stereocenters. The molecule has 0 aliphatic carbocycles. The number of esters is 1. The van der Waals surface area contributed by atoms with E-state index in [-0.39, 0.29) is 11.8 Å². The van der Waals surface area contributed by atoms with E-state index in [1.54, 1.807) is 19.1 Å². The minimum absolute atomic E-state index is 0.302. The molecule has 0 spiro atoms. The Bertz CT molecular complexity index is 831. The van der Waals surface area contributed by atoms with E-state index in [1.807, 2.05) is 53.4 Å². The Morgan fingerprint density at radius 1 is 1.08 bits per heavy atom. The van der Waals surface area contributed by atoms with Crippen molar-refractivity contribution in [3.63, 3.8) is 0 Å². The van der Waals surface area contributed by atoms with E-state index in [1.165, 1.54) is 23.9 Å². The second-order valence-electron chi connectivity index (χ2n) is 5.36. The molecule has 128 valence electrons. The fraction of sp³-hybridized carbons (Fsp3) is 0.150. The molecule has 0 aliphatic heterocycles. The quantitative estimate of drug-likeness (QED) is 0.460. The SMILES string of the molecule is CCOC(=O)[C@H](Sc1ccccc1-n1cccc1)c1ccc(F)cc1. The molecule has 0 bridgehead atoms. The zero-order valence-corrected chi connectivity index (χ0v) is 14.6. The third-order valence-corrected chi connectivity index (χ3v) is 4.97. The van der Waals surface area contributed by atoms with Gasteiger partial charge in [-0.2, -0.15) is 0 Å². The van der Waals surface area contributed by atoms with E-state index in [9.17, 15) is 9.18 Å². The molecule has 0 N–H and O–H groups in total. The third-order valence-electron chi connectivity index (χ3n) is 3.67. The molecule has 3 rings (SSSR count). The van der Waals surface area contributed by atoms with E-state index in [0.29, 0.717) is 12.2 Å². The lowest BCUT2D eigenvalue weighted by molar-refractivity contribution is -0.142. The highest BCUT2D eigenvalue weighted by Gasteiger charge is 2.24. The topological polar surface area (TPSA) is 31.2 Å². The first-order chi connectivity index (χ1) is 12.2. The standard InChI is InChI=1S/C20H18FNO2S/c1-2-24-20(23)19(15-9-11-16(21)12-10-15)25-18-8-4-3-7-17(18)22-13-5-6-14-22/h3-14,19H,2H2,1H3/t19-/m1/s1. The van der Waals surface area contributed by atoms with Crippen molar-refractivity contribution in [2.75, 3.05) is 6.61 Å². The molecule has 0 saturated heterocycles. The molecule has 0 amide bonds. The van der Waals surface area contributed by atoms with E-state index in [4.69, 9.17) is 4.74 Å². The smallest absolute Gasteiger partial charge is 0.323 e. The van der Waals surface area contributed by atoms with Gasteiger partial charge in [0.15, 0.2) is 0 Å². The van der Waals surface area contributed by atoms with Crippen molar-refractivity contribution in [1.29, 1.82) is 0 Å². The number of para-hydroxylation sites is 1. The summed E-state index contributed by atoms with van der Waals surface area (Å²) in [5.41, 5.74) is 1.70. The van der Waals surface area contributed by atoms with Gasteiger partial charge in [-0.15, -0.1) is 11.8 Å². The average Bonchev–Trinajstić information content (AvgIpc) is 3.15. The van der Waals surface area contributed by atoms with Gasteiger partial charge in [0.1, 0.15) is 11.1 Å². The van der Waals surface area contributed by atoms with E-state index < -0.39 is 5.25 Å². The maximum Gasteiger partial charge on any atom is 0.323 e. The number of aromatic nitrogens is 1. The van der Waals surface area contributed by atoms with Gasteiger partial charge in [-0.3, -0.25) is 4.79 Å². The lowest BCUT2D eigenvalue weighted by atomic mass is 10.1. The molecule has 0 aliphatic rings. The molecular formula is C20H18FNO2S. The van der Waals surface area contributed by atoms with Crippen LogP contribution in [-0.4, -0.2) is 17.1 Å². The van der Waals surface area contributed by atoms with Crippen molar-refractivity contribution in [3.05, 3.63) is 84.4 Å². The number of benzene rings is 2. The summed E-state index contributed by atoms with van der Waals surface area (Å²) in [7, 11) is 0. The molecule has 1 atom stereocenters. The highest BCUT2D eigenvalue weighted by Crippen LogP contribution is 2.39. The van der Waals surface area contributed by atoms with Gasteiger partial charge < -0.3 is 9.30 Å². The molecule has 0 fully saturated rings. The molecule has 25 heavy (non-hydrogen) atoms. The van der Waals surface area contributed by atoms with Crippen molar-refractivity contribution in [3.8, 4) is 5.69 Å². The van der Waals surface area contributed by atoms with Crippen molar-refractivity contribution in [2.45, 2.75) is 17.1 Å². The largest absolute Gasteiger partial charge is 0.465 e. The lowest BCUT2D eigenvalue weighted by Gasteiger charge is -2.18. The summed E-state index contributed by atoms with van der Waals surface area (Å²) < 4.78 is 20.5. The van der Waals surface area contributed by atoms with Crippen LogP contribution in [0.2, 0.25) is 0 Å². The second-order valence-corrected chi connectivity index (χ2v) is 6.51. The zero-order chi connectivity index (χ0) is 17.6. The van der Waals surface area contributed by atoms with Crippen LogP contribution in [-0.2, 0) is 9.53 Å². The van der Waals surface area contributed by atoms with Gasteiger partial charge in [0.25, 0.3) is 0 Å². The summed E-state index contributed by atoms with van der Waals surface area (Å²) in [5.74, 6) is -0.662. The molecule has 3 nitrogen and oxygen atoms in total. The maximum absolute atomic E-state index is 13.2. The van der Waals surface area contributed by atoms with Crippen molar-refractivity contribution < 1.29 is 13.9 Å². The Morgan fingerprint density at radius 2 is 1.76 bits per heavy atom. The highest BCUT2D eigenvalue weighted by molar-refractivity contribution is 8.00. The predicted molar refractivity (Wildman–Crippen MR) is 97.4 cm³/mol. The second kappa shape index (κ2) is 8.03. The Morgan fingerprint density at radius 3 is 2.44 bits per heavy atom. The van der Waals surface area contributed by atoms with Crippen LogP contribution in [0.3, 0.4) is 0 Å². The molecule has 3 aromatic rings. The molecule has 2 aromatic carbocycles. The van der Waals surface area contributed by atoms with E-state index >= 15 is 0 Å². The van der Waals surface area contributed by atoms with Gasteiger partial charge in [-0.05, 0) is 48.9 Å². The third kappa shape index (κ3) is 4.12. The minimum atomic E-state index is -0.558. The van der Waals surface area contributed by atoms with Crippen LogP contribution in [0.15, 0.2) is 78.0 Å². The Kier molecular flexibility index (Phi) is 5.56. The summed E-state index contributed by atoms with van der Waals surface area (Å²) in [6.45, 7) is 2.08. The van der Waals surface area contributed by atoms with Crippen molar-refractivity contribution in [2.24, 2.45) is 0 Å². The molecule has 1 aromatic heterocycles. The van der Waals surface area contributed by atoms with Crippen molar-refractivity contribution in [1.82, 2.24) is 4.57 Å². The number of nitrogens with zero attached hydrogens (tertiary/aromatic N) is 1. The summed E-state index contributed by atoms with van der Waals surface area (Å²) in [4.78, 5) is 13.4. The van der Waals surface area contributed by atoms with E-state index in [2.05, 4.69) is 0 Å². The monoisotopic (exact) mass is 355 g/mol. The number of hydrogen-bond acceptors (Lipinski definition) is 3. The number of thioether (sulfide) groups is 1. The van der Waals surface area contributed by atoms with Gasteiger partial charge in [0, 0.05) is 17.3 Å². The van der Waals surface area contributed by atoms with Crippen molar-refractivity contribution >= 4 is 17.7 Å². The fourth-order valence-corrected chi connectivity index (χ4v) is 3.66. The van der Waals surface area contributed by atoms with Gasteiger partial charge >= 0.3 is 5.97 Å². The van der Waals surface area contributed by atoms with Crippen LogP contribution in [0.4, 0.5) is 4.39 Å². The molecule has 0 radical (unpaired) electrons. The van der Waals surface area contributed by atoms with Gasteiger partial charge in [0.2, 0.25) is 0 Å². The molecule has 0 saturated carbocycles. The lowest BCUT2D eigenvalue weighted by Crippen LogP contribution is -2.13. The minimum Gasteiger partial charge on any atom is -0.465 e. The van der Waals surface area contributed by atoms with Crippen LogP contribution in [0.5, 0.6) is 0 Å². The normalized spacial score (nSPS) is 11.9. The van der Waals surface area contributed by atoms with Gasteiger partial charge in [-0.25, -0.2) is 4.39 Å². The number of rotatable bonds is 6. The van der Waals surface area contributed by atoms with Gasteiger partial charge in [0.05, 0.1) is 12.3 Å². The Balaban J connectivity index is 1.96. The Labute approximate surface area is 150 Å². The molecule has 1 heterocycles. The maximum atomic E-state index is 13.2. The zero-order valence-electron chi connectivity index (χ0n) is 13.8. The number of carbonyl (C=O) groups excluding carboxylic acids is 1. The van der Waals surface area contributed by atoms with E-state index in [0.717, 1.165) is 10.6 Å². The van der Waals surface area contributed by atoms with Gasteiger partial charge in [-0.1, -0.05) is 24.3 Å². The number of halogens is 1. The summed E-state index contributed by atoms with van der Waals surface area (Å²) >= 11 is 1.40. The van der Waals surface area contributed by atoms with Crippen LogP contribution < -0.4 is 0 Å². The van der Waals surface area contributed by atoms with Crippen LogP contribution in [0.1, 0.15) is 17.7 Å². The average molecular weight is 355 g/mol. The predicted octanol–water partition coefficient (Wildman–Crippen LogP) is 5.01. The summed E-state index contributed by atoms with van der Waals surface area (Å²) in [6, 6.07) is 17.7. The summed E-state index contributed by atoms with van der Waals surface area (Å²) in [6.07, 6.45) is 3.91. The van der Waals surface area contributed by atoms with Crippen LogP contribution >= 0.6 is 11.8 Å². The highest BCUT2D eigenvalue weighted by atomic mass is 32.2. The number of hydrogen-bond donors (Lipinski definition) is 0.